The van der Waals surface area contributed by atoms with Gasteiger partial charge in [-0.2, -0.15) is 0 Å². The molecular weight excluding hydrogens is 396 g/mol. The summed E-state index contributed by atoms with van der Waals surface area (Å²) in [5.74, 6) is 3.74. The topological polar surface area (TPSA) is 43.4 Å². The van der Waals surface area contributed by atoms with E-state index in [4.69, 9.17) is 4.74 Å². The molecule has 4 rings (SSSR count). The van der Waals surface area contributed by atoms with Crippen molar-refractivity contribution >= 4 is 11.8 Å². The highest BCUT2D eigenvalue weighted by Gasteiger charge is 2.61. The van der Waals surface area contributed by atoms with Gasteiger partial charge in [-0.05, 0) is 85.0 Å². The summed E-state index contributed by atoms with van der Waals surface area (Å²) >= 11 is 0. The van der Waals surface area contributed by atoms with Gasteiger partial charge >= 0.3 is 5.97 Å². The second-order valence-corrected chi connectivity index (χ2v) is 12.7. The highest BCUT2D eigenvalue weighted by molar-refractivity contribution is 5.94. The van der Waals surface area contributed by atoms with Crippen LogP contribution in [0.15, 0.2) is 11.6 Å². The molecule has 0 saturated heterocycles. The highest BCUT2D eigenvalue weighted by atomic mass is 16.5. The standard InChI is InChI=1S/C29H46O3/c1-18(2)8-7-9-19(3)23-10-11-24-27-25(13-15-29(23,24)6)28(5)14-12-22(32-20(4)30)16-21(28)17-26(27)31/h17-19,22-25,27H,7-16H2,1-6H3/t19-,22-,23+,24+,25+,27+,28-,29+/m0/s1. The summed E-state index contributed by atoms with van der Waals surface area (Å²) in [6.45, 7) is 13.6. The smallest absolute Gasteiger partial charge is 0.302 e. The van der Waals surface area contributed by atoms with Crippen molar-refractivity contribution in [2.45, 2.75) is 112 Å². The van der Waals surface area contributed by atoms with E-state index in [1.54, 1.807) is 0 Å². The van der Waals surface area contributed by atoms with Gasteiger partial charge in [0.1, 0.15) is 6.10 Å². The zero-order chi connectivity index (χ0) is 23.3. The number of hydrogen-bond donors (Lipinski definition) is 0. The third-order valence-corrected chi connectivity index (χ3v) is 10.4. The molecule has 4 aliphatic rings. The molecule has 0 bridgehead atoms. The molecule has 0 aromatic rings. The van der Waals surface area contributed by atoms with Crippen LogP contribution in [0.3, 0.4) is 0 Å². The van der Waals surface area contributed by atoms with Crippen molar-refractivity contribution in [3.05, 3.63) is 11.6 Å². The van der Waals surface area contributed by atoms with Gasteiger partial charge in [-0.25, -0.2) is 0 Å². The Labute approximate surface area is 196 Å². The zero-order valence-electron chi connectivity index (χ0n) is 21.4. The van der Waals surface area contributed by atoms with Crippen LogP contribution in [-0.2, 0) is 14.3 Å². The van der Waals surface area contributed by atoms with E-state index >= 15 is 0 Å². The third-order valence-electron chi connectivity index (χ3n) is 10.4. The summed E-state index contributed by atoms with van der Waals surface area (Å²) in [4.78, 5) is 25.1. The summed E-state index contributed by atoms with van der Waals surface area (Å²) in [5.41, 5.74) is 1.70. The molecule has 8 atom stereocenters. The maximum Gasteiger partial charge on any atom is 0.302 e. The van der Waals surface area contributed by atoms with Crippen LogP contribution in [0.2, 0.25) is 0 Å². The molecule has 32 heavy (non-hydrogen) atoms. The predicted octanol–water partition coefficient (Wildman–Crippen LogP) is 7.14. The molecule has 0 radical (unpaired) electrons. The number of ether oxygens (including phenoxy) is 1. The van der Waals surface area contributed by atoms with E-state index in [2.05, 4.69) is 34.6 Å². The number of fused-ring (bicyclic) bond motifs is 5. The fraction of sp³-hybridized carbons (Fsp3) is 0.862. The fourth-order valence-corrected chi connectivity index (χ4v) is 8.73. The number of ketones is 1. The first-order valence-electron chi connectivity index (χ1n) is 13.5. The van der Waals surface area contributed by atoms with E-state index < -0.39 is 0 Å². The lowest BCUT2D eigenvalue weighted by molar-refractivity contribution is -0.149. The maximum absolute atomic E-state index is 13.6. The molecule has 0 amide bonds. The third kappa shape index (κ3) is 4.11. The van der Waals surface area contributed by atoms with Crippen molar-refractivity contribution in [2.24, 2.45) is 46.3 Å². The Kier molecular flexibility index (Phi) is 6.69. The SMILES string of the molecule is CC(=O)O[C@H]1CC[C@@]2(C)C(=CC(=O)[C@@H]3[C@H]4CC[C@H]([C@@H](C)CCCC(C)C)[C@@]4(C)CC[C@H]32)C1. The van der Waals surface area contributed by atoms with E-state index in [-0.39, 0.29) is 23.4 Å². The van der Waals surface area contributed by atoms with E-state index in [0.29, 0.717) is 23.0 Å². The molecule has 4 aliphatic carbocycles. The predicted molar refractivity (Wildman–Crippen MR) is 129 cm³/mol. The van der Waals surface area contributed by atoms with Crippen LogP contribution in [0.25, 0.3) is 0 Å². The van der Waals surface area contributed by atoms with Crippen LogP contribution in [0.5, 0.6) is 0 Å². The molecule has 0 N–H and O–H groups in total. The second kappa shape index (κ2) is 8.91. The largest absolute Gasteiger partial charge is 0.462 e. The van der Waals surface area contributed by atoms with Crippen LogP contribution in [0.4, 0.5) is 0 Å². The van der Waals surface area contributed by atoms with E-state index in [1.807, 2.05) is 6.08 Å². The molecule has 0 aromatic carbocycles. The lowest BCUT2D eigenvalue weighted by atomic mass is 9.46. The van der Waals surface area contributed by atoms with E-state index in [9.17, 15) is 9.59 Å². The van der Waals surface area contributed by atoms with Crippen LogP contribution in [0, 0.1) is 46.3 Å². The van der Waals surface area contributed by atoms with Gasteiger partial charge in [0.05, 0.1) is 0 Å². The van der Waals surface area contributed by atoms with Gasteiger partial charge in [0, 0.05) is 19.3 Å². The minimum atomic E-state index is -0.202. The highest BCUT2D eigenvalue weighted by Crippen LogP contribution is 2.66. The number of carbonyl (C=O) groups excluding carboxylic acids is 2. The summed E-state index contributed by atoms with van der Waals surface area (Å²) in [6.07, 6.45) is 13.7. The Morgan fingerprint density at radius 2 is 1.81 bits per heavy atom. The van der Waals surface area contributed by atoms with Crippen molar-refractivity contribution < 1.29 is 14.3 Å². The maximum atomic E-state index is 13.6. The minimum absolute atomic E-state index is 0.0485. The van der Waals surface area contributed by atoms with Gasteiger partial charge < -0.3 is 4.74 Å². The molecule has 0 heterocycles. The normalized spacial score (nSPS) is 42.0. The quantitative estimate of drug-likeness (QED) is 0.411. The van der Waals surface area contributed by atoms with Gasteiger partial charge in [0.15, 0.2) is 5.78 Å². The van der Waals surface area contributed by atoms with Crippen LogP contribution in [0.1, 0.15) is 106 Å². The van der Waals surface area contributed by atoms with Crippen LogP contribution < -0.4 is 0 Å². The summed E-state index contributed by atoms with van der Waals surface area (Å²) < 4.78 is 5.54. The molecular formula is C29H46O3. The van der Waals surface area contributed by atoms with Crippen molar-refractivity contribution in [1.82, 2.24) is 0 Å². The van der Waals surface area contributed by atoms with Gasteiger partial charge in [-0.1, -0.05) is 59.5 Å². The number of hydrogen-bond acceptors (Lipinski definition) is 3. The number of carbonyl (C=O) groups is 2. The summed E-state index contributed by atoms with van der Waals surface area (Å²) in [6, 6.07) is 0. The van der Waals surface area contributed by atoms with Gasteiger partial charge in [-0.3, -0.25) is 9.59 Å². The summed E-state index contributed by atoms with van der Waals surface area (Å²) in [7, 11) is 0. The van der Waals surface area contributed by atoms with E-state index in [0.717, 1.165) is 37.0 Å². The molecule has 0 aliphatic heterocycles. The lowest BCUT2D eigenvalue weighted by Gasteiger charge is -2.57. The Hall–Kier alpha value is -1.12. The monoisotopic (exact) mass is 442 g/mol. The Morgan fingerprint density at radius 1 is 1.06 bits per heavy atom. The first kappa shape index (κ1) is 24.0. The molecule has 3 saturated carbocycles. The Bertz CT molecular complexity index is 766. The summed E-state index contributed by atoms with van der Waals surface area (Å²) in [5, 5.41) is 0. The van der Waals surface area contributed by atoms with Crippen molar-refractivity contribution in [2.75, 3.05) is 0 Å². The number of allylic oxidation sites excluding steroid dienone is 1. The van der Waals surface area contributed by atoms with Gasteiger partial charge in [0.2, 0.25) is 0 Å². The van der Waals surface area contributed by atoms with E-state index in [1.165, 1.54) is 57.4 Å². The first-order chi connectivity index (χ1) is 15.1. The first-order valence-corrected chi connectivity index (χ1v) is 13.5. The zero-order valence-corrected chi connectivity index (χ0v) is 21.4. The van der Waals surface area contributed by atoms with Crippen LogP contribution in [-0.4, -0.2) is 17.9 Å². The molecule has 3 heteroatoms. The lowest BCUT2D eigenvalue weighted by Crippen LogP contribution is -2.53. The molecule has 0 unspecified atom stereocenters. The second-order valence-electron chi connectivity index (χ2n) is 12.7. The van der Waals surface area contributed by atoms with Crippen molar-refractivity contribution in [1.29, 1.82) is 0 Å². The fourth-order valence-electron chi connectivity index (χ4n) is 8.73. The van der Waals surface area contributed by atoms with Crippen molar-refractivity contribution in [3.63, 3.8) is 0 Å². The average Bonchev–Trinajstić information content (AvgIpc) is 3.05. The number of esters is 1. The average molecular weight is 443 g/mol. The molecule has 3 nitrogen and oxygen atoms in total. The minimum Gasteiger partial charge on any atom is -0.462 e. The van der Waals surface area contributed by atoms with Gasteiger partial charge in [0.25, 0.3) is 0 Å². The molecule has 3 fully saturated rings. The molecule has 0 spiro atoms. The van der Waals surface area contributed by atoms with Crippen molar-refractivity contribution in [3.8, 4) is 0 Å². The molecule has 0 aromatic heterocycles. The molecule has 180 valence electrons. The Balaban J connectivity index is 1.52. The Morgan fingerprint density at radius 3 is 2.50 bits per heavy atom. The number of rotatable bonds is 6. The van der Waals surface area contributed by atoms with Gasteiger partial charge in [-0.15, -0.1) is 0 Å². The van der Waals surface area contributed by atoms with Crippen LogP contribution >= 0.6 is 0 Å².